The summed E-state index contributed by atoms with van der Waals surface area (Å²) in [5, 5.41) is 6.57. The number of H-pyrrole nitrogens is 1. The first-order chi connectivity index (χ1) is 8.44. The van der Waals surface area contributed by atoms with Gasteiger partial charge in [0, 0.05) is 17.8 Å². The summed E-state index contributed by atoms with van der Waals surface area (Å²) in [6.45, 7) is 2.25. The Bertz CT molecular complexity index is 534. The molecule has 0 radical (unpaired) electrons. The number of hydrogen-bond acceptors (Lipinski definition) is 5. The van der Waals surface area contributed by atoms with E-state index in [9.17, 15) is 8.42 Å². The van der Waals surface area contributed by atoms with Crippen LogP contribution >= 0.6 is 11.8 Å². The number of rotatable bonds is 6. The third-order valence-electron chi connectivity index (χ3n) is 3.25. The highest BCUT2D eigenvalue weighted by molar-refractivity contribution is 8.00. The van der Waals surface area contributed by atoms with Gasteiger partial charge in [-0.1, -0.05) is 0 Å². The van der Waals surface area contributed by atoms with Crippen molar-refractivity contribution in [1.29, 1.82) is 0 Å². The summed E-state index contributed by atoms with van der Waals surface area (Å²) in [5.74, 6) is 0. The van der Waals surface area contributed by atoms with Crippen LogP contribution in [0.3, 0.4) is 0 Å². The Morgan fingerprint density at radius 3 is 2.72 bits per heavy atom. The molecule has 6 nitrogen and oxygen atoms in total. The Morgan fingerprint density at radius 1 is 1.56 bits per heavy atom. The van der Waals surface area contributed by atoms with Gasteiger partial charge >= 0.3 is 0 Å². The van der Waals surface area contributed by atoms with Crippen LogP contribution in [0.2, 0.25) is 0 Å². The minimum Gasteiger partial charge on any atom is -0.325 e. The Hall–Kier alpha value is -0.570. The van der Waals surface area contributed by atoms with Gasteiger partial charge in [0.25, 0.3) is 0 Å². The van der Waals surface area contributed by atoms with Crippen LogP contribution in [0.25, 0.3) is 0 Å². The molecule has 1 fully saturated rings. The van der Waals surface area contributed by atoms with Crippen LogP contribution in [0.1, 0.15) is 24.2 Å². The van der Waals surface area contributed by atoms with Crippen molar-refractivity contribution in [2.75, 3.05) is 12.8 Å². The number of nitrogens with zero attached hydrogens (tertiary/aromatic N) is 1. The predicted molar refractivity (Wildman–Crippen MR) is 71.9 cm³/mol. The highest BCUT2D eigenvalue weighted by Gasteiger charge is 2.42. The number of sulfonamides is 1. The van der Waals surface area contributed by atoms with Crippen LogP contribution in [0, 0.1) is 6.92 Å². The standard InChI is InChI=1S/C10H18N4O2S2/c1-7-9(8(5-11)14-13-7)18(15,16)12-6-10(17-2)3-4-10/h12H,3-6,11H2,1-2H3,(H,13,14). The lowest BCUT2D eigenvalue weighted by Gasteiger charge is -2.13. The van der Waals surface area contributed by atoms with Crippen molar-refractivity contribution in [3.05, 3.63) is 11.4 Å². The van der Waals surface area contributed by atoms with Crippen molar-refractivity contribution in [1.82, 2.24) is 14.9 Å². The van der Waals surface area contributed by atoms with Crippen LogP contribution < -0.4 is 10.5 Å². The van der Waals surface area contributed by atoms with E-state index in [-0.39, 0.29) is 16.2 Å². The highest BCUT2D eigenvalue weighted by atomic mass is 32.2. The van der Waals surface area contributed by atoms with Crippen LogP contribution in [0.5, 0.6) is 0 Å². The summed E-state index contributed by atoms with van der Waals surface area (Å²) < 4.78 is 27.3. The highest BCUT2D eigenvalue weighted by Crippen LogP contribution is 2.46. The summed E-state index contributed by atoms with van der Waals surface area (Å²) in [6, 6.07) is 0. The lowest BCUT2D eigenvalue weighted by Crippen LogP contribution is -2.32. The molecule has 0 aliphatic heterocycles. The maximum Gasteiger partial charge on any atom is 0.244 e. The van der Waals surface area contributed by atoms with Crippen molar-refractivity contribution in [3.63, 3.8) is 0 Å². The Morgan fingerprint density at radius 2 is 2.22 bits per heavy atom. The Labute approximate surface area is 111 Å². The Balaban J connectivity index is 2.17. The largest absolute Gasteiger partial charge is 0.325 e. The zero-order valence-electron chi connectivity index (χ0n) is 10.5. The maximum absolute atomic E-state index is 12.2. The average molecular weight is 290 g/mol. The molecular formula is C10H18N4O2S2. The molecule has 1 saturated carbocycles. The van der Waals surface area contributed by atoms with E-state index in [0.29, 0.717) is 17.9 Å². The van der Waals surface area contributed by atoms with Crippen LogP contribution in [0.4, 0.5) is 0 Å². The molecule has 0 saturated heterocycles. The first-order valence-electron chi connectivity index (χ1n) is 5.73. The van der Waals surface area contributed by atoms with E-state index in [1.807, 2.05) is 6.26 Å². The number of thioether (sulfide) groups is 1. The number of hydrogen-bond donors (Lipinski definition) is 3. The molecule has 8 heteroatoms. The molecule has 1 aliphatic carbocycles. The summed E-state index contributed by atoms with van der Waals surface area (Å²) in [5.41, 5.74) is 6.41. The summed E-state index contributed by atoms with van der Waals surface area (Å²) in [6.07, 6.45) is 4.13. The van der Waals surface area contributed by atoms with Gasteiger partial charge in [-0.3, -0.25) is 5.10 Å². The monoisotopic (exact) mass is 290 g/mol. The topological polar surface area (TPSA) is 101 Å². The molecule has 1 heterocycles. The fourth-order valence-corrected chi connectivity index (χ4v) is 4.17. The third-order valence-corrected chi connectivity index (χ3v) is 6.27. The van der Waals surface area contributed by atoms with Gasteiger partial charge in [-0.05, 0) is 26.0 Å². The number of aromatic nitrogens is 2. The van der Waals surface area contributed by atoms with Crippen molar-refractivity contribution >= 4 is 21.8 Å². The smallest absolute Gasteiger partial charge is 0.244 e. The molecule has 18 heavy (non-hydrogen) atoms. The minimum atomic E-state index is -3.53. The van der Waals surface area contributed by atoms with Gasteiger partial charge in [0.1, 0.15) is 4.90 Å². The molecule has 0 unspecified atom stereocenters. The Kier molecular flexibility index (Phi) is 3.72. The second-order valence-corrected chi connectivity index (χ2v) is 7.52. The summed E-state index contributed by atoms with van der Waals surface area (Å²) in [7, 11) is -3.53. The van der Waals surface area contributed by atoms with E-state index in [0.717, 1.165) is 12.8 Å². The normalized spacial score (nSPS) is 17.9. The molecule has 0 amide bonds. The first-order valence-corrected chi connectivity index (χ1v) is 8.44. The van der Waals surface area contributed by atoms with Gasteiger partial charge in [0.05, 0.1) is 11.4 Å². The van der Waals surface area contributed by atoms with Crippen LogP contribution in [0.15, 0.2) is 4.90 Å². The van der Waals surface area contributed by atoms with Gasteiger partial charge in [-0.25, -0.2) is 13.1 Å². The predicted octanol–water partition coefficient (Wildman–Crippen LogP) is 0.351. The summed E-state index contributed by atoms with van der Waals surface area (Å²) >= 11 is 1.72. The van der Waals surface area contributed by atoms with Crippen molar-refractivity contribution in [2.24, 2.45) is 5.73 Å². The number of aromatic amines is 1. The van der Waals surface area contributed by atoms with E-state index < -0.39 is 10.0 Å². The van der Waals surface area contributed by atoms with Gasteiger partial charge < -0.3 is 5.73 Å². The molecule has 1 aromatic heterocycles. The van der Waals surface area contributed by atoms with Crippen molar-refractivity contribution < 1.29 is 8.42 Å². The maximum atomic E-state index is 12.2. The number of nitrogens with two attached hydrogens (primary N) is 1. The summed E-state index contributed by atoms with van der Waals surface area (Å²) in [4.78, 5) is 0.196. The lowest BCUT2D eigenvalue weighted by molar-refractivity contribution is 0.578. The van der Waals surface area contributed by atoms with Gasteiger partial charge in [-0.2, -0.15) is 16.9 Å². The molecule has 4 N–H and O–H groups in total. The molecule has 0 spiro atoms. The van der Waals surface area contributed by atoms with E-state index in [4.69, 9.17) is 5.73 Å². The zero-order valence-corrected chi connectivity index (χ0v) is 12.1. The SMILES string of the molecule is CSC1(CNS(=O)(=O)c2c(CN)n[nH]c2C)CC1. The van der Waals surface area contributed by atoms with E-state index in [2.05, 4.69) is 14.9 Å². The van der Waals surface area contributed by atoms with E-state index in [1.165, 1.54) is 0 Å². The molecule has 1 aromatic rings. The zero-order chi connectivity index (χ0) is 13.4. The lowest BCUT2D eigenvalue weighted by atomic mass is 10.4. The quantitative estimate of drug-likeness (QED) is 0.702. The second-order valence-electron chi connectivity index (χ2n) is 4.54. The van der Waals surface area contributed by atoms with Crippen LogP contribution in [-0.2, 0) is 16.6 Å². The first kappa shape index (κ1) is 13.9. The molecule has 1 aliphatic rings. The van der Waals surface area contributed by atoms with Crippen LogP contribution in [-0.4, -0.2) is 36.2 Å². The molecule has 0 atom stereocenters. The van der Waals surface area contributed by atoms with Crippen molar-refractivity contribution in [3.8, 4) is 0 Å². The average Bonchev–Trinajstić information content (AvgIpc) is 3.03. The van der Waals surface area contributed by atoms with Gasteiger partial charge in [0.15, 0.2) is 0 Å². The molecule has 102 valence electrons. The molecule has 0 bridgehead atoms. The molecular weight excluding hydrogens is 272 g/mol. The van der Waals surface area contributed by atoms with Crippen molar-refractivity contribution in [2.45, 2.75) is 36.0 Å². The fourth-order valence-electron chi connectivity index (χ4n) is 1.86. The second kappa shape index (κ2) is 4.84. The number of aryl methyl sites for hydroxylation is 1. The van der Waals surface area contributed by atoms with Gasteiger partial charge in [0.2, 0.25) is 10.0 Å². The van der Waals surface area contributed by atoms with Gasteiger partial charge in [-0.15, -0.1) is 0 Å². The fraction of sp³-hybridized carbons (Fsp3) is 0.700. The molecule has 2 rings (SSSR count). The minimum absolute atomic E-state index is 0.0909. The third kappa shape index (κ3) is 2.56. The van der Waals surface area contributed by atoms with E-state index >= 15 is 0 Å². The van der Waals surface area contributed by atoms with E-state index in [1.54, 1.807) is 18.7 Å². The molecule has 0 aromatic carbocycles. The number of nitrogens with one attached hydrogen (secondary N) is 2.